The van der Waals surface area contributed by atoms with Crippen LogP contribution >= 0.6 is 0 Å². The first-order chi connectivity index (χ1) is 6.63. The lowest BCUT2D eigenvalue weighted by Crippen LogP contribution is -2.13. The molecule has 0 fully saturated rings. The molecule has 0 unspecified atom stereocenters. The van der Waals surface area contributed by atoms with Crippen LogP contribution in [0.2, 0.25) is 0 Å². The molecule has 0 atom stereocenters. The van der Waals surface area contributed by atoms with Gasteiger partial charge in [-0.25, -0.2) is 4.39 Å². The normalized spacial score (nSPS) is 9.86. The molecule has 1 heterocycles. The maximum absolute atomic E-state index is 12.5. The molecule has 0 aromatic carbocycles. The van der Waals surface area contributed by atoms with E-state index < -0.39 is 17.2 Å². The zero-order chi connectivity index (χ0) is 10.6. The van der Waals surface area contributed by atoms with Crippen LogP contribution < -0.4 is 5.43 Å². The number of ether oxygens (including phenoxy) is 1. The molecule has 0 spiro atoms. The van der Waals surface area contributed by atoms with Crippen molar-refractivity contribution in [2.45, 2.75) is 13.3 Å². The molecule has 0 bridgehead atoms. The second-order valence-electron chi connectivity index (χ2n) is 2.65. The number of nitrogens with one attached hydrogen (secondary N) is 1. The number of halogens is 1. The smallest absolute Gasteiger partial charge is 0.311 e. The Morgan fingerprint density at radius 1 is 1.64 bits per heavy atom. The van der Waals surface area contributed by atoms with Crippen LogP contribution in [0.4, 0.5) is 4.39 Å². The van der Waals surface area contributed by atoms with Crippen LogP contribution in [0.3, 0.4) is 0 Å². The number of aromatic nitrogens is 1. The minimum atomic E-state index is -0.863. The number of rotatable bonds is 3. The van der Waals surface area contributed by atoms with Crippen LogP contribution in [0.25, 0.3) is 0 Å². The minimum absolute atomic E-state index is 0.0522. The summed E-state index contributed by atoms with van der Waals surface area (Å²) in [5.74, 6) is -1.31. The van der Waals surface area contributed by atoms with Gasteiger partial charge in [-0.2, -0.15) is 0 Å². The van der Waals surface area contributed by atoms with Crippen LogP contribution in [0.1, 0.15) is 12.6 Å². The number of esters is 1. The van der Waals surface area contributed by atoms with Gasteiger partial charge >= 0.3 is 5.97 Å². The average Bonchev–Trinajstić information content (AvgIpc) is 2.12. The van der Waals surface area contributed by atoms with Gasteiger partial charge in [0.05, 0.1) is 13.0 Å². The zero-order valence-corrected chi connectivity index (χ0v) is 7.67. The van der Waals surface area contributed by atoms with Crippen molar-refractivity contribution in [2.75, 3.05) is 6.61 Å². The van der Waals surface area contributed by atoms with Gasteiger partial charge in [0.25, 0.3) is 0 Å². The fourth-order valence-corrected chi connectivity index (χ4v) is 0.966. The molecule has 0 aliphatic heterocycles. The number of hydrogen-bond donors (Lipinski definition) is 1. The van der Waals surface area contributed by atoms with E-state index >= 15 is 0 Å². The molecule has 0 saturated heterocycles. The molecule has 1 rings (SSSR count). The molecule has 0 aliphatic rings. The van der Waals surface area contributed by atoms with Crippen molar-refractivity contribution in [3.8, 4) is 0 Å². The second-order valence-corrected chi connectivity index (χ2v) is 2.65. The Labute approximate surface area is 79.7 Å². The Balaban J connectivity index is 2.73. The first-order valence-corrected chi connectivity index (χ1v) is 4.16. The SMILES string of the molecule is CCOC(=O)Cc1cc(=O)c(F)c[nH]1. The molecule has 1 aromatic rings. The third-order valence-corrected chi connectivity index (χ3v) is 1.57. The number of carbonyl (C=O) groups is 1. The van der Waals surface area contributed by atoms with Gasteiger partial charge in [0, 0.05) is 18.0 Å². The third-order valence-electron chi connectivity index (χ3n) is 1.57. The van der Waals surface area contributed by atoms with Gasteiger partial charge in [-0.05, 0) is 6.92 Å². The van der Waals surface area contributed by atoms with Crippen LogP contribution in [0.15, 0.2) is 17.1 Å². The summed E-state index contributed by atoms with van der Waals surface area (Å²) >= 11 is 0. The molecule has 1 N–H and O–H groups in total. The van der Waals surface area contributed by atoms with Crippen molar-refractivity contribution in [1.82, 2.24) is 4.98 Å². The number of pyridine rings is 1. The third kappa shape index (κ3) is 2.69. The van der Waals surface area contributed by atoms with Crippen LogP contribution in [0.5, 0.6) is 0 Å². The molecule has 1 aromatic heterocycles. The summed E-state index contributed by atoms with van der Waals surface area (Å²) in [6, 6.07) is 1.05. The Morgan fingerprint density at radius 2 is 2.36 bits per heavy atom. The highest BCUT2D eigenvalue weighted by Crippen LogP contribution is 1.95. The monoisotopic (exact) mass is 199 g/mol. The highest BCUT2D eigenvalue weighted by Gasteiger charge is 2.06. The van der Waals surface area contributed by atoms with Crippen molar-refractivity contribution < 1.29 is 13.9 Å². The van der Waals surface area contributed by atoms with E-state index in [1.54, 1.807) is 6.92 Å². The van der Waals surface area contributed by atoms with E-state index in [1.807, 2.05) is 0 Å². The van der Waals surface area contributed by atoms with Crippen molar-refractivity contribution >= 4 is 5.97 Å². The zero-order valence-electron chi connectivity index (χ0n) is 7.67. The molecule has 0 amide bonds. The van der Waals surface area contributed by atoms with Gasteiger partial charge in [0.15, 0.2) is 5.82 Å². The number of H-pyrrole nitrogens is 1. The largest absolute Gasteiger partial charge is 0.466 e. The molecular formula is C9H10FNO3. The summed E-state index contributed by atoms with van der Waals surface area (Å²) in [6.45, 7) is 1.97. The van der Waals surface area contributed by atoms with E-state index in [9.17, 15) is 14.0 Å². The fraction of sp³-hybridized carbons (Fsp3) is 0.333. The molecule has 76 valence electrons. The topological polar surface area (TPSA) is 59.2 Å². The Morgan fingerprint density at radius 3 is 2.93 bits per heavy atom. The van der Waals surface area contributed by atoms with Crippen molar-refractivity contribution in [3.63, 3.8) is 0 Å². The molecule has 0 aliphatic carbocycles. The highest BCUT2D eigenvalue weighted by atomic mass is 19.1. The maximum Gasteiger partial charge on any atom is 0.311 e. The predicted octanol–water partition coefficient (Wildman–Crippen LogP) is 0.620. The molecule has 14 heavy (non-hydrogen) atoms. The lowest BCUT2D eigenvalue weighted by molar-refractivity contribution is -0.142. The molecule has 5 heteroatoms. The quantitative estimate of drug-likeness (QED) is 0.726. The summed E-state index contributed by atoms with van der Waals surface area (Å²) in [5, 5.41) is 0. The first-order valence-electron chi connectivity index (χ1n) is 4.16. The van der Waals surface area contributed by atoms with Gasteiger partial charge in [-0.15, -0.1) is 0 Å². The molecule has 0 radical (unpaired) electrons. The van der Waals surface area contributed by atoms with E-state index in [0.717, 1.165) is 12.3 Å². The summed E-state index contributed by atoms with van der Waals surface area (Å²) in [5.41, 5.74) is -0.391. The Kier molecular flexibility index (Phi) is 3.39. The van der Waals surface area contributed by atoms with E-state index in [2.05, 4.69) is 9.72 Å². The number of aromatic amines is 1. The lowest BCUT2D eigenvalue weighted by Gasteiger charge is -2.01. The van der Waals surface area contributed by atoms with Crippen LogP contribution in [0, 0.1) is 5.82 Å². The minimum Gasteiger partial charge on any atom is -0.466 e. The Bertz CT molecular complexity index is 386. The summed E-state index contributed by atoms with van der Waals surface area (Å²) in [7, 11) is 0. The molecular weight excluding hydrogens is 189 g/mol. The lowest BCUT2D eigenvalue weighted by atomic mass is 10.2. The summed E-state index contributed by atoms with van der Waals surface area (Å²) in [6.07, 6.45) is 0.875. The maximum atomic E-state index is 12.5. The van der Waals surface area contributed by atoms with Gasteiger partial charge in [-0.1, -0.05) is 0 Å². The average molecular weight is 199 g/mol. The Hall–Kier alpha value is -1.65. The fourth-order valence-electron chi connectivity index (χ4n) is 0.966. The van der Waals surface area contributed by atoms with E-state index in [4.69, 9.17) is 0 Å². The molecule has 4 nitrogen and oxygen atoms in total. The van der Waals surface area contributed by atoms with E-state index in [1.165, 1.54) is 0 Å². The van der Waals surface area contributed by atoms with Gasteiger partial charge in [-0.3, -0.25) is 9.59 Å². The van der Waals surface area contributed by atoms with Crippen LogP contribution in [-0.4, -0.2) is 17.6 Å². The number of hydrogen-bond acceptors (Lipinski definition) is 3. The summed E-state index contributed by atoms with van der Waals surface area (Å²) in [4.78, 5) is 24.3. The van der Waals surface area contributed by atoms with Crippen molar-refractivity contribution in [2.24, 2.45) is 0 Å². The highest BCUT2D eigenvalue weighted by molar-refractivity contribution is 5.71. The standard InChI is InChI=1S/C9H10FNO3/c1-2-14-9(13)4-6-3-8(12)7(10)5-11-6/h3,5H,2,4H2,1H3,(H,11,12). The summed E-state index contributed by atoms with van der Waals surface area (Å²) < 4.78 is 17.2. The number of carbonyl (C=O) groups excluding carboxylic acids is 1. The first kappa shape index (κ1) is 10.4. The van der Waals surface area contributed by atoms with Crippen LogP contribution in [-0.2, 0) is 16.0 Å². The second kappa shape index (κ2) is 4.55. The van der Waals surface area contributed by atoms with E-state index in [0.29, 0.717) is 5.69 Å². The van der Waals surface area contributed by atoms with Gasteiger partial charge in [0.1, 0.15) is 0 Å². The van der Waals surface area contributed by atoms with Gasteiger partial charge < -0.3 is 9.72 Å². The molecule has 0 saturated carbocycles. The van der Waals surface area contributed by atoms with Crippen molar-refractivity contribution in [1.29, 1.82) is 0 Å². The van der Waals surface area contributed by atoms with Gasteiger partial charge in [0.2, 0.25) is 5.43 Å². The van der Waals surface area contributed by atoms with E-state index in [-0.39, 0.29) is 13.0 Å². The predicted molar refractivity (Wildman–Crippen MR) is 47.4 cm³/mol. The van der Waals surface area contributed by atoms with Crippen molar-refractivity contribution in [3.05, 3.63) is 34.0 Å².